The van der Waals surface area contributed by atoms with Gasteiger partial charge in [-0.15, -0.1) is 0 Å². The van der Waals surface area contributed by atoms with Crippen LogP contribution in [0.4, 0.5) is 0 Å². The van der Waals surface area contributed by atoms with Crippen molar-refractivity contribution in [3.05, 3.63) is 0 Å². The van der Waals surface area contributed by atoms with Crippen LogP contribution in [0.25, 0.3) is 0 Å². The summed E-state index contributed by atoms with van der Waals surface area (Å²) in [6.07, 6.45) is -2.37. The van der Waals surface area contributed by atoms with Crippen molar-refractivity contribution in [2.24, 2.45) is 5.92 Å². The minimum atomic E-state index is -1.85. The van der Waals surface area contributed by atoms with Crippen LogP contribution in [0.2, 0.25) is 0 Å². The van der Waals surface area contributed by atoms with Crippen LogP contribution in [-0.2, 0) is 23.9 Å². The maximum absolute atomic E-state index is 11.0. The predicted octanol–water partition coefficient (Wildman–Crippen LogP) is -1.40. The molecular formula is C8H8O6. The molecule has 0 aliphatic heterocycles. The molecular weight excluding hydrogens is 192 g/mol. The number of esters is 1. The third-order valence-corrected chi connectivity index (χ3v) is 1.81. The fourth-order valence-electron chi connectivity index (χ4n) is 1.20. The molecule has 1 fully saturated rings. The molecule has 1 saturated carbocycles. The molecule has 0 bridgehead atoms. The van der Waals surface area contributed by atoms with Crippen molar-refractivity contribution in [2.75, 3.05) is 0 Å². The number of rotatable bonds is 2. The summed E-state index contributed by atoms with van der Waals surface area (Å²) < 4.78 is 4.25. The molecule has 0 saturated heterocycles. The maximum atomic E-state index is 11.0. The second-order valence-corrected chi connectivity index (χ2v) is 2.91. The van der Waals surface area contributed by atoms with E-state index in [1.54, 1.807) is 0 Å². The topological polar surface area (TPSA) is 97.7 Å². The lowest BCUT2D eigenvalue weighted by Gasteiger charge is -2.13. The normalized spacial score (nSPS) is 23.9. The van der Waals surface area contributed by atoms with E-state index in [9.17, 15) is 19.2 Å². The monoisotopic (exact) mass is 200 g/mol. The van der Waals surface area contributed by atoms with Crippen molar-refractivity contribution >= 4 is 23.3 Å². The lowest BCUT2D eigenvalue weighted by Crippen LogP contribution is -2.33. The van der Waals surface area contributed by atoms with Gasteiger partial charge in [0, 0.05) is 6.92 Å². The van der Waals surface area contributed by atoms with Crippen molar-refractivity contribution < 1.29 is 29.0 Å². The molecule has 0 amide bonds. The van der Waals surface area contributed by atoms with Gasteiger partial charge >= 0.3 is 5.97 Å². The zero-order valence-electron chi connectivity index (χ0n) is 7.35. The van der Waals surface area contributed by atoms with E-state index in [-0.39, 0.29) is 0 Å². The molecule has 0 spiro atoms. The van der Waals surface area contributed by atoms with E-state index in [1.165, 1.54) is 0 Å². The molecule has 14 heavy (non-hydrogen) atoms. The van der Waals surface area contributed by atoms with Gasteiger partial charge in [0.25, 0.3) is 0 Å². The van der Waals surface area contributed by atoms with Crippen LogP contribution < -0.4 is 0 Å². The number of hydrogen-bond donors (Lipinski definition) is 1. The van der Waals surface area contributed by atoms with E-state index in [1.807, 2.05) is 0 Å². The summed E-state index contributed by atoms with van der Waals surface area (Å²) in [5, 5.41) is 9.14. The zero-order chi connectivity index (χ0) is 10.9. The van der Waals surface area contributed by atoms with Crippen molar-refractivity contribution in [3.8, 4) is 0 Å². The van der Waals surface area contributed by atoms with Crippen molar-refractivity contribution in [1.29, 1.82) is 0 Å². The average Bonchev–Trinajstić information content (AvgIpc) is 2.25. The Kier molecular flexibility index (Phi) is 2.76. The Bertz CT molecular complexity index is 318. The summed E-state index contributed by atoms with van der Waals surface area (Å²) >= 11 is 0. The van der Waals surface area contributed by atoms with Gasteiger partial charge < -0.3 is 9.84 Å². The predicted molar refractivity (Wildman–Crippen MR) is 40.9 cm³/mol. The molecule has 0 aromatic rings. The van der Waals surface area contributed by atoms with Gasteiger partial charge in [-0.05, 0) is 0 Å². The number of carbonyl (C=O) groups is 4. The summed E-state index contributed by atoms with van der Waals surface area (Å²) in [5.41, 5.74) is 0. The van der Waals surface area contributed by atoms with Gasteiger partial charge in [-0.2, -0.15) is 0 Å². The third-order valence-electron chi connectivity index (χ3n) is 1.81. The number of aliphatic hydroxyl groups excluding tert-OH is 1. The highest BCUT2D eigenvalue weighted by Gasteiger charge is 2.45. The molecule has 76 valence electrons. The van der Waals surface area contributed by atoms with Crippen LogP contribution in [-0.4, -0.2) is 34.7 Å². The summed E-state index contributed by atoms with van der Waals surface area (Å²) in [4.78, 5) is 43.2. The van der Waals surface area contributed by atoms with Gasteiger partial charge in [0.05, 0.1) is 6.42 Å². The molecule has 6 heteroatoms. The highest BCUT2D eigenvalue weighted by molar-refractivity contribution is 6.49. The van der Waals surface area contributed by atoms with E-state index >= 15 is 0 Å². The van der Waals surface area contributed by atoms with Crippen LogP contribution in [0.1, 0.15) is 13.3 Å². The maximum Gasteiger partial charge on any atom is 0.304 e. The first-order valence-electron chi connectivity index (χ1n) is 3.88. The Balaban J connectivity index is 2.77. The van der Waals surface area contributed by atoms with Gasteiger partial charge in [0.15, 0.2) is 5.78 Å². The molecule has 0 radical (unpaired) electrons. The summed E-state index contributed by atoms with van der Waals surface area (Å²) in [5.74, 6) is -4.92. The van der Waals surface area contributed by atoms with Crippen molar-refractivity contribution in [3.63, 3.8) is 0 Å². The van der Waals surface area contributed by atoms with Crippen LogP contribution in [0.15, 0.2) is 0 Å². The first-order chi connectivity index (χ1) is 6.43. The number of hydrogen-bond acceptors (Lipinski definition) is 6. The fourth-order valence-corrected chi connectivity index (χ4v) is 1.20. The standard InChI is InChI=1S/C8H8O6/c1-3(9)14-8(13)6-4(10)2-5(11)7(6)12/h6,8,13H,2H2,1H3. The third kappa shape index (κ3) is 1.85. The largest absolute Gasteiger partial charge is 0.435 e. The van der Waals surface area contributed by atoms with E-state index in [4.69, 9.17) is 5.11 Å². The Labute approximate surface area is 78.8 Å². The van der Waals surface area contributed by atoms with Crippen LogP contribution >= 0.6 is 0 Å². The quantitative estimate of drug-likeness (QED) is 0.254. The Morgan fingerprint density at radius 2 is 2.07 bits per heavy atom. The van der Waals surface area contributed by atoms with Gasteiger partial charge in [-0.3, -0.25) is 19.2 Å². The first kappa shape index (κ1) is 10.5. The molecule has 0 aromatic heterocycles. The molecule has 0 heterocycles. The number of aliphatic hydroxyl groups is 1. The highest BCUT2D eigenvalue weighted by atomic mass is 16.6. The van der Waals surface area contributed by atoms with E-state index < -0.39 is 41.9 Å². The number of ketones is 3. The van der Waals surface area contributed by atoms with Gasteiger partial charge in [-0.1, -0.05) is 0 Å². The molecule has 0 aromatic carbocycles. The second kappa shape index (κ2) is 3.67. The number of carbonyl (C=O) groups excluding carboxylic acids is 4. The molecule has 2 unspecified atom stereocenters. The minimum Gasteiger partial charge on any atom is -0.435 e. The molecule has 2 atom stereocenters. The summed E-state index contributed by atoms with van der Waals surface area (Å²) in [7, 11) is 0. The number of Topliss-reactive ketones (excluding diaryl/α,β-unsaturated/α-hetero) is 3. The van der Waals surface area contributed by atoms with E-state index in [2.05, 4.69) is 4.74 Å². The lowest BCUT2D eigenvalue weighted by molar-refractivity contribution is -0.176. The molecule has 6 nitrogen and oxygen atoms in total. The molecule has 1 aliphatic carbocycles. The minimum absolute atomic E-state index is 0.526. The second-order valence-electron chi connectivity index (χ2n) is 2.91. The molecule has 1 rings (SSSR count). The van der Waals surface area contributed by atoms with Crippen LogP contribution in [0.3, 0.4) is 0 Å². The van der Waals surface area contributed by atoms with E-state index in [0.29, 0.717) is 0 Å². The van der Waals surface area contributed by atoms with Crippen LogP contribution in [0.5, 0.6) is 0 Å². The summed E-state index contributed by atoms with van der Waals surface area (Å²) in [6.45, 7) is 1.02. The van der Waals surface area contributed by atoms with Crippen LogP contribution in [0, 0.1) is 5.92 Å². The Hall–Kier alpha value is -1.56. The number of ether oxygens (including phenoxy) is 1. The van der Waals surface area contributed by atoms with Gasteiger partial charge in [0.2, 0.25) is 17.9 Å². The highest BCUT2D eigenvalue weighted by Crippen LogP contribution is 2.19. The Morgan fingerprint density at radius 1 is 1.50 bits per heavy atom. The fraction of sp³-hybridized carbons (Fsp3) is 0.500. The molecule has 1 N–H and O–H groups in total. The SMILES string of the molecule is CC(=O)OC(O)C1C(=O)CC(=O)C1=O. The smallest absolute Gasteiger partial charge is 0.304 e. The van der Waals surface area contributed by atoms with Crippen molar-refractivity contribution in [1.82, 2.24) is 0 Å². The summed E-state index contributed by atoms with van der Waals surface area (Å²) in [6, 6.07) is 0. The van der Waals surface area contributed by atoms with Crippen molar-refractivity contribution in [2.45, 2.75) is 19.6 Å². The van der Waals surface area contributed by atoms with Gasteiger partial charge in [0.1, 0.15) is 5.92 Å². The first-order valence-corrected chi connectivity index (χ1v) is 3.88. The average molecular weight is 200 g/mol. The van der Waals surface area contributed by atoms with E-state index in [0.717, 1.165) is 6.92 Å². The van der Waals surface area contributed by atoms with Gasteiger partial charge in [-0.25, -0.2) is 0 Å². The zero-order valence-corrected chi connectivity index (χ0v) is 7.35. The lowest BCUT2D eigenvalue weighted by atomic mass is 10.1. The molecule has 1 aliphatic rings. The Morgan fingerprint density at radius 3 is 2.43 bits per heavy atom.